The van der Waals surface area contributed by atoms with Gasteiger partial charge in [0.2, 0.25) is 0 Å². The molecule has 1 aromatic carbocycles. The lowest BCUT2D eigenvalue weighted by atomic mass is 9.82. The molecule has 2 heterocycles. The van der Waals surface area contributed by atoms with Gasteiger partial charge < -0.3 is 15.2 Å². The van der Waals surface area contributed by atoms with E-state index in [1.165, 1.54) is 6.07 Å². The Morgan fingerprint density at radius 2 is 2.26 bits per heavy atom. The Morgan fingerprint density at radius 3 is 3.11 bits per heavy atom. The molecular weight excluding hydrogens is 245 g/mol. The fourth-order valence-electron chi connectivity index (χ4n) is 3.31. The van der Waals surface area contributed by atoms with Gasteiger partial charge in [-0.2, -0.15) is 0 Å². The monoisotopic (exact) mass is 265 g/mol. The van der Waals surface area contributed by atoms with Crippen molar-refractivity contribution in [2.24, 2.45) is 5.92 Å². The Bertz CT molecular complexity index is 452. The number of benzene rings is 1. The van der Waals surface area contributed by atoms with Crippen LogP contribution >= 0.6 is 0 Å². The van der Waals surface area contributed by atoms with Gasteiger partial charge in [0.1, 0.15) is 5.82 Å². The molecule has 3 atom stereocenters. The van der Waals surface area contributed by atoms with Crippen LogP contribution in [0.15, 0.2) is 18.2 Å². The van der Waals surface area contributed by atoms with Gasteiger partial charge in [-0.15, -0.1) is 0 Å². The Kier molecular flexibility index (Phi) is 3.71. The number of ether oxygens (including phenoxy) is 1. The maximum atomic E-state index is 13.4. The molecule has 0 amide bonds. The zero-order valence-electron chi connectivity index (χ0n) is 10.9. The number of hydrogen-bond acceptors (Lipinski definition) is 3. The summed E-state index contributed by atoms with van der Waals surface area (Å²) in [7, 11) is 0. The van der Waals surface area contributed by atoms with E-state index >= 15 is 0 Å². The van der Waals surface area contributed by atoms with E-state index in [1.807, 2.05) is 6.07 Å². The molecule has 4 heteroatoms. The molecule has 0 unspecified atom stereocenters. The number of rotatable bonds is 4. The summed E-state index contributed by atoms with van der Waals surface area (Å²) >= 11 is 0. The van der Waals surface area contributed by atoms with Crippen molar-refractivity contribution in [3.05, 3.63) is 29.6 Å². The van der Waals surface area contributed by atoms with E-state index in [2.05, 4.69) is 5.32 Å². The molecule has 0 bridgehead atoms. The smallest absolute Gasteiger partial charge is 0.123 e. The van der Waals surface area contributed by atoms with Crippen LogP contribution in [0.25, 0.3) is 0 Å². The molecule has 0 spiro atoms. The second-order valence-electron chi connectivity index (χ2n) is 5.45. The van der Waals surface area contributed by atoms with Crippen molar-refractivity contribution in [1.29, 1.82) is 0 Å². The molecule has 0 aromatic heterocycles. The molecule has 1 aromatic rings. The third-order valence-corrected chi connectivity index (χ3v) is 4.24. The van der Waals surface area contributed by atoms with Crippen LogP contribution in [0.1, 0.15) is 37.4 Å². The average molecular weight is 265 g/mol. The van der Waals surface area contributed by atoms with Gasteiger partial charge in [-0.3, -0.25) is 0 Å². The fraction of sp³-hybridized carbons (Fsp3) is 0.600. The van der Waals surface area contributed by atoms with Crippen LogP contribution in [0.4, 0.5) is 10.1 Å². The summed E-state index contributed by atoms with van der Waals surface area (Å²) in [4.78, 5) is 0. The minimum Gasteiger partial charge on any atom is -0.396 e. The molecule has 2 N–H and O–H groups in total. The highest BCUT2D eigenvalue weighted by atomic mass is 19.1. The molecule has 0 saturated carbocycles. The number of hydrogen-bond donors (Lipinski definition) is 2. The van der Waals surface area contributed by atoms with E-state index in [4.69, 9.17) is 9.84 Å². The van der Waals surface area contributed by atoms with Crippen molar-refractivity contribution < 1.29 is 14.2 Å². The number of anilines is 1. The number of aliphatic hydroxyl groups excluding tert-OH is 1. The highest BCUT2D eigenvalue weighted by molar-refractivity contribution is 5.56. The molecule has 19 heavy (non-hydrogen) atoms. The molecule has 2 aliphatic rings. The van der Waals surface area contributed by atoms with E-state index in [0.29, 0.717) is 12.0 Å². The summed E-state index contributed by atoms with van der Waals surface area (Å²) in [5.41, 5.74) is 1.96. The van der Waals surface area contributed by atoms with Gasteiger partial charge in [0, 0.05) is 36.4 Å². The lowest BCUT2D eigenvalue weighted by Crippen LogP contribution is -2.36. The van der Waals surface area contributed by atoms with Gasteiger partial charge in [-0.25, -0.2) is 4.39 Å². The molecule has 1 fully saturated rings. The lowest BCUT2D eigenvalue weighted by Gasteiger charge is -2.36. The molecule has 0 aliphatic carbocycles. The Balaban J connectivity index is 1.81. The maximum Gasteiger partial charge on any atom is 0.123 e. The molecular formula is C15H20FNO2. The summed E-state index contributed by atoms with van der Waals surface area (Å²) in [6.45, 7) is 1.00. The SMILES string of the molecule is OCCCC[C@H]1Nc2ccc(F)cc2[C@H]2OCC[C@H]21. The fourth-order valence-corrected chi connectivity index (χ4v) is 3.31. The van der Waals surface area contributed by atoms with Crippen LogP contribution in [0.2, 0.25) is 0 Å². The van der Waals surface area contributed by atoms with Gasteiger partial charge in [0.25, 0.3) is 0 Å². The number of fused-ring (bicyclic) bond motifs is 3. The third kappa shape index (κ3) is 2.47. The minimum atomic E-state index is -0.200. The zero-order chi connectivity index (χ0) is 13.2. The van der Waals surface area contributed by atoms with E-state index in [-0.39, 0.29) is 18.5 Å². The van der Waals surface area contributed by atoms with Crippen molar-refractivity contribution in [3.63, 3.8) is 0 Å². The maximum absolute atomic E-state index is 13.4. The predicted octanol–water partition coefficient (Wildman–Crippen LogP) is 2.86. The number of aliphatic hydroxyl groups is 1. The van der Waals surface area contributed by atoms with Gasteiger partial charge in [-0.1, -0.05) is 0 Å². The largest absolute Gasteiger partial charge is 0.396 e. The molecule has 2 aliphatic heterocycles. The zero-order valence-corrected chi connectivity index (χ0v) is 10.9. The topological polar surface area (TPSA) is 41.5 Å². The van der Waals surface area contributed by atoms with E-state index in [9.17, 15) is 4.39 Å². The first-order chi connectivity index (χ1) is 9.29. The second kappa shape index (κ2) is 5.47. The summed E-state index contributed by atoms with van der Waals surface area (Å²) < 4.78 is 19.2. The quantitative estimate of drug-likeness (QED) is 0.823. The van der Waals surface area contributed by atoms with Gasteiger partial charge in [0.05, 0.1) is 6.10 Å². The second-order valence-corrected chi connectivity index (χ2v) is 5.45. The highest BCUT2D eigenvalue weighted by Crippen LogP contribution is 2.45. The van der Waals surface area contributed by atoms with Crippen LogP contribution in [0, 0.1) is 11.7 Å². The summed E-state index contributed by atoms with van der Waals surface area (Å²) in [6, 6.07) is 5.26. The number of nitrogens with one attached hydrogen (secondary N) is 1. The Morgan fingerprint density at radius 1 is 1.37 bits per heavy atom. The minimum absolute atomic E-state index is 0.0334. The van der Waals surface area contributed by atoms with Crippen LogP contribution < -0.4 is 5.32 Å². The highest BCUT2D eigenvalue weighted by Gasteiger charge is 2.40. The van der Waals surface area contributed by atoms with E-state index in [0.717, 1.165) is 43.5 Å². The first kappa shape index (κ1) is 12.9. The van der Waals surface area contributed by atoms with Crippen LogP contribution in [0.5, 0.6) is 0 Å². The molecule has 0 radical (unpaired) electrons. The third-order valence-electron chi connectivity index (χ3n) is 4.24. The van der Waals surface area contributed by atoms with Crippen molar-refractivity contribution in [1.82, 2.24) is 0 Å². The predicted molar refractivity (Wildman–Crippen MR) is 71.5 cm³/mol. The molecule has 1 saturated heterocycles. The molecule has 104 valence electrons. The van der Waals surface area contributed by atoms with E-state index < -0.39 is 0 Å². The Labute approximate surface area is 112 Å². The van der Waals surface area contributed by atoms with Crippen molar-refractivity contribution in [3.8, 4) is 0 Å². The summed E-state index contributed by atoms with van der Waals surface area (Å²) in [5, 5.41) is 12.4. The van der Waals surface area contributed by atoms with Gasteiger partial charge in [-0.05, 0) is 43.9 Å². The van der Waals surface area contributed by atoms with Gasteiger partial charge in [0.15, 0.2) is 0 Å². The normalized spacial score (nSPS) is 28.6. The molecule has 3 rings (SSSR count). The lowest BCUT2D eigenvalue weighted by molar-refractivity contribution is 0.0815. The summed E-state index contributed by atoms with van der Waals surface area (Å²) in [6.07, 6.45) is 3.94. The standard InChI is InChI=1S/C15H20FNO2/c16-10-4-5-14-12(9-10)15-11(6-8-19-15)13(17-14)3-1-2-7-18/h4-5,9,11,13,15,17-18H,1-3,6-8H2/t11-,13+,15-/m0/s1. The van der Waals surface area contributed by atoms with Crippen LogP contribution in [-0.4, -0.2) is 24.4 Å². The molecule has 3 nitrogen and oxygen atoms in total. The van der Waals surface area contributed by atoms with Gasteiger partial charge >= 0.3 is 0 Å². The van der Waals surface area contributed by atoms with Crippen molar-refractivity contribution in [2.45, 2.75) is 37.8 Å². The van der Waals surface area contributed by atoms with Crippen LogP contribution in [0.3, 0.4) is 0 Å². The first-order valence-corrected chi connectivity index (χ1v) is 7.08. The number of unbranched alkanes of at least 4 members (excludes halogenated alkanes) is 1. The first-order valence-electron chi connectivity index (χ1n) is 7.08. The van der Waals surface area contributed by atoms with E-state index in [1.54, 1.807) is 6.07 Å². The summed E-state index contributed by atoms with van der Waals surface area (Å²) in [5.74, 6) is 0.224. The van der Waals surface area contributed by atoms with Crippen LogP contribution in [-0.2, 0) is 4.74 Å². The Hall–Kier alpha value is -1.13. The average Bonchev–Trinajstić information content (AvgIpc) is 2.89. The van der Waals surface area contributed by atoms with Crippen molar-refractivity contribution >= 4 is 5.69 Å². The number of halogens is 1. The van der Waals surface area contributed by atoms with Crippen molar-refractivity contribution in [2.75, 3.05) is 18.5 Å².